The van der Waals surface area contributed by atoms with E-state index in [-0.39, 0.29) is 5.69 Å². The molecule has 0 saturated carbocycles. The van der Waals surface area contributed by atoms with Crippen molar-refractivity contribution in [1.29, 1.82) is 0 Å². The Kier molecular flexibility index (Phi) is 3.74. The molecule has 0 aliphatic rings. The van der Waals surface area contributed by atoms with Gasteiger partial charge in [-0.25, -0.2) is 9.78 Å². The van der Waals surface area contributed by atoms with Crippen molar-refractivity contribution in [3.63, 3.8) is 0 Å². The molecule has 0 aliphatic heterocycles. The summed E-state index contributed by atoms with van der Waals surface area (Å²) in [7, 11) is 1.71. The van der Waals surface area contributed by atoms with Crippen LogP contribution in [0.3, 0.4) is 0 Å². The van der Waals surface area contributed by atoms with E-state index in [4.69, 9.17) is 0 Å². The summed E-state index contributed by atoms with van der Waals surface area (Å²) in [4.78, 5) is 25.7. The third-order valence-electron chi connectivity index (χ3n) is 3.95. The number of nitrogens with zero attached hydrogens (tertiary/aromatic N) is 5. The third-order valence-corrected chi connectivity index (χ3v) is 3.95. The van der Waals surface area contributed by atoms with Crippen molar-refractivity contribution in [3.05, 3.63) is 77.1 Å². The summed E-state index contributed by atoms with van der Waals surface area (Å²) in [6.07, 6.45) is 3.38. The van der Waals surface area contributed by atoms with Gasteiger partial charge in [-0.1, -0.05) is 24.3 Å². The molecule has 0 spiro atoms. The van der Waals surface area contributed by atoms with E-state index in [0.29, 0.717) is 23.7 Å². The average molecular weight is 332 g/mol. The number of aryl methyl sites for hydroxylation is 1. The Balaban J connectivity index is 1.74. The van der Waals surface area contributed by atoms with Crippen LogP contribution in [0.25, 0.3) is 11.2 Å². The van der Waals surface area contributed by atoms with E-state index in [1.807, 2.05) is 48.5 Å². The number of hydrogen-bond acceptors (Lipinski definition) is 5. The molecule has 7 nitrogen and oxygen atoms in total. The topological polar surface area (TPSA) is 77.6 Å². The maximum absolute atomic E-state index is 12.6. The van der Waals surface area contributed by atoms with Gasteiger partial charge >= 0.3 is 5.69 Å². The van der Waals surface area contributed by atoms with Crippen LogP contribution in [0.2, 0.25) is 0 Å². The summed E-state index contributed by atoms with van der Waals surface area (Å²) in [5.41, 5.74) is 2.81. The van der Waals surface area contributed by atoms with Crippen LogP contribution < -0.4 is 11.0 Å². The van der Waals surface area contributed by atoms with Crippen LogP contribution in [0.15, 0.2) is 65.7 Å². The zero-order chi connectivity index (χ0) is 17.2. The fourth-order valence-electron chi connectivity index (χ4n) is 2.70. The second-order valence-electron chi connectivity index (χ2n) is 5.64. The number of pyridine rings is 1. The number of imidazole rings is 1. The third kappa shape index (κ3) is 2.87. The fourth-order valence-corrected chi connectivity index (χ4v) is 2.70. The van der Waals surface area contributed by atoms with E-state index < -0.39 is 0 Å². The first-order valence-corrected chi connectivity index (χ1v) is 7.86. The van der Waals surface area contributed by atoms with Crippen LogP contribution in [-0.4, -0.2) is 24.1 Å². The van der Waals surface area contributed by atoms with E-state index in [2.05, 4.69) is 20.3 Å². The predicted molar refractivity (Wildman–Crippen MR) is 95.8 cm³/mol. The van der Waals surface area contributed by atoms with Crippen molar-refractivity contribution >= 4 is 22.8 Å². The van der Waals surface area contributed by atoms with Gasteiger partial charge in [0.15, 0.2) is 5.65 Å². The first kappa shape index (κ1) is 15.1. The zero-order valence-electron chi connectivity index (χ0n) is 13.6. The monoisotopic (exact) mass is 332 g/mol. The van der Waals surface area contributed by atoms with Crippen molar-refractivity contribution in [2.75, 3.05) is 5.32 Å². The van der Waals surface area contributed by atoms with Gasteiger partial charge in [-0.2, -0.15) is 4.98 Å². The summed E-state index contributed by atoms with van der Waals surface area (Å²) in [5.74, 6) is 0.448. The van der Waals surface area contributed by atoms with Gasteiger partial charge in [-0.05, 0) is 24.3 Å². The van der Waals surface area contributed by atoms with Crippen LogP contribution in [0.4, 0.5) is 11.6 Å². The first-order valence-electron chi connectivity index (χ1n) is 7.86. The standard InChI is InChI=1S/C18H16N6O/c1-23-16-15(24(18(23)25)12-14-9-5-6-10-19-14)11-20-17(22-16)21-13-7-3-2-4-8-13/h2-11H,12H2,1H3,(H,20,21,22). The molecule has 3 heterocycles. The lowest BCUT2D eigenvalue weighted by atomic mass is 10.3. The molecule has 0 atom stereocenters. The molecule has 0 saturated heterocycles. The average Bonchev–Trinajstić information content (AvgIpc) is 2.88. The number of hydrogen-bond donors (Lipinski definition) is 1. The molecule has 4 aromatic rings. The second-order valence-corrected chi connectivity index (χ2v) is 5.64. The summed E-state index contributed by atoms with van der Waals surface area (Å²) in [6.45, 7) is 0.381. The van der Waals surface area contributed by atoms with Gasteiger partial charge in [-0.15, -0.1) is 0 Å². The lowest BCUT2D eigenvalue weighted by Crippen LogP contribution is -2.23. The van der Waals surface area contributed by atoms with E-state index in [1.165, 1.54) is 4.57 Å². The van der Waals surface area contributed by atoms with E-state index in [9.17, 15) is 4.79 Å². The molecule has 0 bridgehead atoms. The van der Waals surface area contributed by atoms with Gasteiger partial charge in [0.1, 0.15) is 5.52 Å². The molecule has 0 fully saturated rings. The minimum absolute atomic E-state index is 0.146. The molecule has 1 aromatic carbocycles. The number of para-hydroxylation sites is 1. The van der Waals surface area contributed by atoms with Crippen molar-refractivity contribution in [2.24, 2.45) is 7.05 Å². The van der Waals surface area contributed by atoms with Gasteiger partial charge in [0.2, 0.25) is 5.95 Å². The highest BCUT2D eigenvalue weighted by molar-refractivity contribution is 5.72. The molecule has 124 valence electrons. The van der Waals surface area contributed by atoms with Crippen LogP contribution in [0, 0.1) is 0 Å². The minimum Gasteiger partial charge on any atom is -0.324 e. The largest absolute Gasteiger partial charge is 0.330 e. The summed E-state index contributed by atoms with van der Waals surface area (Å²) >= 11 is 0. The molecular weight excluding hydrogens is 316 g/mol. The fraction of sp³-hybridized carbons (Fsp3) is 0.111. The normalized spacial score (nSPS) is 10.9. The maximum atomic E-state index is 12.6. The SMILES string of the molecule is Cn1c(=O)n(Cc2ccccn2)c2cnc(Nc3ccccc3)nc21. The molecular formula is C18H16N6O. The maximum Gasteiger partial charge on any atom is 0.330 e. The Bertz CT molecular complexity index is 1070. The van der Waals surface area contributed by atoms with E-state index in [1.54, 1.807) is 24.0 Å². The summed E-state index contributed by atoms with van der Waals surface area (Å²) in [5, 5.41) is 3.14. The Morgan fingerprint density at radius 3 is 2.60 bits per heavy atom. The highest BCUT2D eigenvalue weighted by atomic mass is 16.1. The number of aromatic nitrogens is 5. The number of nitrogens with one attached hydrogen (secondary N) is 1. The van der Waals surface area contributed by atoms with Crippen LogP contribution in [-0.2, 0) is 13.6 Å². The van der Waals surface area contributed by atoms with Crippen molar-refractivity contribution < 1.29 is 0 Å². The zero-order valence-corrected chi connectivity index (χ0v) is 13.6. The van der Waals surface area contributed by atoms with Gasteiger partial charge < -0.3 is 5.32 Å². The van der Waals surface area contributed by atoms with Crippen molar-refractivity contribution in [3.8, 4) is 0 Å². The van der Waals surface area contributed by atoms with Crippen LogP contribution >= 0.6 is 0 Å². The number of rotatable bonds is 4. The van der Waals surface area contributed by atoms with E-state index in [0.717, 1.165) is 11.4 Å². The molecule has 3 aromatic heterocycles. The molecule has 7 heteroatoms. The lowest BCUT2D eigenvalue weighted by Gasteiger charge is -2.05. The van der Waals surface area contributed by atoms with Gasteiger partial charge in [0.05, 0.1) is 18.4 Å². The van der Waals surface area contributed by atoms with Gasteiger partial charge in [0, 0.05) is 18.9 Å². The predicted octanol–water partition coefficient (Wildman–Crippen LogP) is 2.32. The Morgan fingerprint density at radius 1 is 1.04 bits per heavy atom. The highest BCUT2D eigenvalue weighted by Crippen LogP contribution is 2.16. The minimum atomic E-state index is -0.146. The quantitative estimate of drug-likeness (QED) is 0.620. The molecule has 0 radical (unpaired) electrons. The first-order chi connectivity index (χ1) is 12.2. The Morgan fingerprint density at radius 2 is 1.84 bits per heavy atom. The smallest absolute Gasteiger partial charge is 0.324 e. The number of anilines is 2. The van der Waals surface area contributed by atoms with Crippen molar-refractivity contribution in [1.82, 2.24) is 24.1 Å². The molecule has 4 rings (SSSR count). The lowest BCUT2D eigenvalue weighted by molar-refractivity contribution is 0.721. The Hall–Kier alpha value is -3.48. The van der Waals surface area contributed by atoms with Gasteiger partial charge in [0.25, 0.3) is 0 Å². The Labute approximate surface area is 143 Å². The second kappa shape index (κ2) is 6.20. The highest BCUT2D eigenvalue weighted by Gasteiger charge is 2.14. The molecule has 0 amide bonds. The summed E-state index contributed by atoms with van der Waals surface area (Å²) < 4.78 is 3.15. The van der Waals surface area contributed by atoms with Crippen LogP contribution in [0.5, 0.6) is 0 Å². The van der Waals surface area contributed by atoms with Crippen molar-refractivity contribution in [2.45, 2.75) is 6.54 Å². The van der Waals surface area contributed by atoms with E-state index >= 15 is 0 Å². The van der Waals surface area contributed by atoms with Gasteiger partial charge in [-0.3, -0.25) is 14.1 Å². The van der Waals surface area contributed by atoms with Crippen LogP contribution in [0.1, 0.15) is 5.69 Å². The number of benzene rings is 1. The molecule has 0 aliphatic carbocycles. The molecule has 1 N–H and O–H groups in total. The molecule has 25 heavy (non-hydrogen) atoms. The molecule has 0 unspecified atom stereocenters. The number of fused-ring (bicyclic) bond motifs is 1. The summed E-state index contributed by atoms with van der Waals surface area (Å²) in [6, 6.07) is 15.3.